The lowest BCUT2D eigenvalue weighted by Gasteiger charge is -2.20. The van der Waals surface area contributed by atoms with Gasteiger partial charge in [-0.2, -0.15) is 0 Å². The fourth-order valence-electron chi connectivity index (χ4n) is 2.72. The second-order valence-electron chi connectivity index (χ2n) is 4.91. The average molecular weight is 225 g/mol. The molecule has 0 amide bonds. The Morgan fingerprint density at radius 1 is 1.06 bits per heavy atom. The van der Waals surface area contributed by atoms with E-state index in [2.05, 4.69) is 31.0 Å². The number of aromatic nitrogens is 1. The van der Waals surface area contributed by atoms with E-state index in [4.69, 9.17) is 4.74 Å². The van der Waals surface area contributed by atoms with Gasteiger partial charge >= 0.3 is 0 Å². The SMILES string of the molecule is COc1cccc2c1-c1ncccc1C2(C)C. The van der Waals surface area contributed by atoms with Crippen molar-refractivity contribution in [2.24, 2.45) is 0 Å². The Kier molecular flexibility index (Phi) is 2.02. The second kappa shape index (κ2) is 3.33. The van der Waals surface area contributed by atoms with E-state index in [-0.39, 0.29) is 5.41 Å². The fraction of sp³-hybridized carbons (Fsp3) is 0.267. The summed E-state index contributed by atoms with van der Waals surface area (Å²) in [6, 6.07) is 10.4. The first-order chi connectivity index (χ1) is 8.16. The van der Waals surface area contributed by atoms with Crippen molar-refractivity contribution in [3.63, 3.8) is 0 Å². The van der Waals surface area contributed by atoms with Gasteiger partial charge in [0.2, 0.25) is 0 Å². The van der Waals surface area contributed by atoms with Crippen molar-refractivity contribution >= 4 is 0 Å². The van der Waals surface area contributed by atoms with E-state index in [1.807, 2.05) is 24.4 Å². The Balaban J connectivity index is 2.41. The molecule has 17 heavy (non-hydrogen) atoms. The first-order valence-electron chi connectivity index (χ1n) is 5.79. The van der Waals surface area contributed by atoms with Gasteiger partial charge in [0.25, 0.3) is 0 Å². The van der Waals surface area contributed by atoms with E-state index in [0.29, 0.717) is 0 Å². The van der Waals surface area contributed by atoms with Gasteiger partial charge < -0.3 is 4.74 Å². The van der Waals surface area contributed by atoms with Crippen LogP contribution in [0.4, 0.5) is 0 Å². The lowest BCUT2D eigenvalue weighted by atomic mass is 9.83. The van der Waals surface area contributed by atoms with Gasteiger partial charge in [0.05, 0.1) is 12.8 Å². The van der Waals surface area contributed by atoms with E-state index >= 15 is 0 Å². The summed E-state index contributed by atoms with van der Waals surface area (Å²) in [6.07, 6.45) is 1.84. The van der Waals surface area contributed by atoms with Crippen molar-refractivity contribution in [3.05, 3.63) is 47.7 Å². The van der Waals surface area contributed by atoms with E-state index in [1.54, 1.807) is 7.11 Å². The van der Waals surface area contributed by atoms with Gasteiger partial charge in [-0.1, -0.05) is 32.0 Å². The summed E-state index contributed by atoms with van der Waals surface area (Å²) in [7, 11) is 1.71. The molecule has 0 unspecified atom stereocenters. The molecule has 1 aliphatic carbocycles. The van der Waals surface area contributed by atoms with Crippen LogP contribution in [-0.2, 0) is 5.41 Å². The molecule has 0 N–H and O–H groups in total. The number of hydrogen-bond acceptors (Lipinski definition) is 2. The largest absolute Gasteiger partial charge is 0.496 e. The molecule has 1 aromatic heterocycles. The molecule has 0 saturated heterocycles. The molecule has 2 aromatic rings. The van der Waals surface area contributed by atoms with E-state index in [9.17, 15) is 0 Å². The molecule has 0 atom stereocenters. The zero-order chi connectivity index (χ0) is 12.0. The topological polar surface area (TPSA) is 22.1 Å². The molecular formula is C15H15NO. The third-order valence-corrected chi connectivity index (χ3v) is 3.64. The van der Waals surface area contributed by atoms with Gasteiger partial charge in [-0.15, -0.1) is 0 Å². The summed E-state index contributed by atoms with van der Waals surface area (Å²) < 4.78 is 5.47. The smallest absolute Gasteiger partial charge is 0.128 e. The van der Waals surface area contributed by atoms with Crippen LogP contribution in [0.5, 0.6) is 5.75 Å². The van der Waals surface area contributed by atoms with Crippen molar-refractivity contribution in [2.75, 3.05) is 7.11 Å². The first-order valence-corrected chi connectivity index (χ1v) is 5.79. The van der Waals surface area contributed by atoms with Crippen LogP contribution in [0.15, 0.2) is 36.5 Å². The number of methoxy groups -OCH3 is 1. The number of rotatable bonds is 1. The summed E-state index contributed by atoms with van der Waals surface area (Å²) in [5, 5.41) is 0. The van der Waals surface area contributed by atoms with Crippen LogP contribution < -0.4 is 4.74 Å². The predicted molar refractivity (Wildman–Crippen MR) is 68.4 cm³/mol. The Morgan fingerprint density at radius 2 is 1.82 bits per heavy atom. The molecule has 3 rings (SSSR count). The monoisotopic (exact) mass is 225 g/mol. The van der Waals surface area contributed by atoms with Crippen LogP contribution in [0.3, 0.4) is 0 Å². The minimum atomic E-state index is 0.00741. The van der Waals surface area contributed by atoms with Gasteiger partial charge in [0.1, 0.15) is 5.75 Å². The van der Waals surface area contributed by atoms with Crippen molar-refractivity contribution in [1.29, 1.82) is 0 Å². The normalized spacial score (nSPS) is 15.2. The lowest BCUT2D eigenvalue weighted by molar-refractivity contribution is 0.416. The molecule has 0 radical (unpaired) electrons. The molecule has 0 aliphatic heterocycles. The van der Waals surface area contributed by atoms with E-state index < -0.39 is 0 Å². The maximum atomic E-state index is 5.47. The average Bonchev–Trinajstić information content (AvgIpc) is 2.60. The first kappa shape index (κ1) is 10.3. The van der Waals surface area contributed by atoms with Gasteiger partial charge in [0, 0.05) is 17.2 Å². The van der Waals surface area contributed by atoms with Gasteiger partial charge in [-0.3, -0.25) is 4.98 Å². The molecule has 1 aliphatic rings. The number of hydrogen-bond donors (Lipinski definition) is 0. The molecule has 2 heteroatoms. The maximum Gasteiger partial charge on any atom is 0.128 e. The fourth-order valence-corrected chi connectivity index (χ4v) is 2.72. The number of ether oxygens (including phenoxy) is 1. The lowest BCUT2D eigenvalue weighted by Crippen LogP contribution is -2.14. The summed E-state index contributed by atoms with van der Waals surface area (Å²) in [5.74, 6) is 0.910. The van der Waals surface area contributed by atoms with Crippen LogP contribution in [0.2, 0.25) is 0 Å². The van der Waals surface area contributed by atoms with Crippen molar-refractivity contribution in [1.82, 2.24) is 4.98 Å². The summed E-state index contributed by atoms with van der Waals surface area (Å²) in [4.78, 5) is 4.52. The number of pyridine rings is 1. The molecular weight excluding hydrogens is 210 g/mol. The van der Waals surface area contributed by atoms with E-state index in [1.165, 1.54) is 11.1 Å². The Labute approximate surface area is 101 Å². The molecule has 0 saturated carbocycles. The minimum absolute atomic E-state index is 0.00741. The predicted octanol–water partition coefficient (Wildman–Crippen LogP) is 3.40. The minimum Gasteiger partial charge on any atom is -0.496 e. The van der Waals surface area contributed by atoms with Gasteiger partial charge in [0.15, 0.2) is 0 Å². The highest BCUT2D eigenvalue weighted by molar-refractivity contribution is 5.82. The van der Waals surface area contributed by atoms with Crippen molar-refractivity contribution in [3.8, 4) is 17.0 Å². The zero-order valence-electron chi connectivity index (χ0n) is 10.3. The Morgan fingerprint density at radius 3 is 2.59 bits per heavy atom. The maximum absolute atomic E-state index is 5.47. The quantitative estimate of drug-likeness (QED) is 0.742. The van der Waals surface area contributed by atoms with Gasteiger partial charge in [-0.05, 0) is 23.3 Å². The molecule has 0 spiro atoms. The van der Waals surface area contributed by atoms with Crippen LogP contribution in [-0.4, -0.2) is 12.1 Å². The molecule has 0 fully saturated rings. The van der Waals surface area contributed by atoms with E-state index in [0.717, 1.165) is 17.0 Å². The number of nitrogens with zero attached hydrogens (tertiary/aromatic N) is 1. The molecule has 2 nitrogen and oxygen atoms in total. The van der Waals surface area contributed by atoms with Crippen LogP contribution >= 0.6 is 0 Å². The molecule has 1 aromatic carbocycles. The van der Waals surface area contributed by atoms with Crippen molar-refractivity contribution in [2.45, 2.75) is 19.3 Å². The van der Waals surface area contributed by atoms with Crippen LogP contribution in [0.1, 0.15) is 25.0 Å². The van der Waals surface area contributed by atoms with Crippen LogP contribution in [0.25, 0.3) is 11.3 Å². The summed E-state index contributed by atoms with van der Waals surface area (Å²) in [6.45, 7) is 4.47. The molecule has 1 heterocycles. The highest BCUT2D eigenvalue weighted by Gasteiger charge is 2.37. The summed E-state index contributed by atoms with van der Waals surface area (Å²) >= 11 is 0. The molecule has 86 valence electrons. The zero-order valence-corrected chi connectivity index (χ0v) is 10.3. The second-order valence-corrected chi connectivity index (χ2v) is 4.91. The van der Waals surface area contributed by atoms with Gasteiger partial charge in [-0.25, -0.2) is 0 Å². The Bertz CT molecular complexity index is 587. The highest BCUT2D eigenvalue weighted by atomic mass is 16.5. The summed E-state index contributed by atoms with van der Waals surface area (Å²) in [5.41, 5.74) is 4.79. The number of benzene rings is 1. The van der Waals surface area contributed by atoms with Crippen molar-refractivity contribution < 1.29 is 4.74 Å². The van der Waals surface area contributed by atoms with Crippen LogP contribution in [0, 0.1) is 0 Å². The molecule has 0 bridgehead atoms. The number of fused-ring (bicyclic) bond motifs is 3. The third kappa shape index (κ3) is 1.24. The standard InChI is InChI=1S/C15H15NO/c1-15(2)10-6-4-8-12(17-3)13(10)14-11(15)7-5-9-16-14/h4-9H,1-3H3. The Hall–Kier alpha value is -1.83. The third-order valence-electron chi connectivity index (χ3n) is 3.64. The highest BCUT2D eigenvalue weighted by Crippen LogP contribution is 2.50.